The fourth-order valence-corrected chi connectivity index (χ4v) is 2.82. The van der Waals surface area contributed by atoms with Gasteiger partial charge in [0, 0.05) is 23.8 Å². The van der Waals surface area contributed by atoms with Gasteiger partial charge < -0.3 is 10.6 Å². The lowest BCUT2D eigenvalue weighted by molar-refractivity contribution is 0.0456. The van der Waals surface area contributed by atoms with Gasteiger partial charge in [-0.2, -0.15) is 0 Å². The van der Waals surface area contributed by atoms with E-state index in [1.54, 1.807) is 6.07 Å². The molecule has 1 aromatic carbocycles. The van der Waals surface area contributed by atoms with E-state index in [9.17, 15) is 4.79 Å². The predicted octanol–water partition coefficient (Wildman–Crippen LogP) is 2.78. The third kappa shape index (κ3) is 2.50. The molecule has 0 spiro atoms. The van der Waals surface area contributed by atoms with Crippen LogP contribution in [0.3, 0.4) is 0 Å². The molecule has 0 bridgehead atoms. The number of nitrogen functional groups attached to an aromatic ring is 1. The van der Waals surface area contributed by atoms with Crippen molar-refractivity contribution in [2.75, 3.05) is 12.3 Å². The molecule has 2 rings (SSSR count). The molecular weight excluding hydrogens is 224 g/mol. The zero-order valence-electron chi connectivity index (χ0n) is 11.4. The van der Waals surface area contributed by atoms with Crippen LogP contribution in [-0.4, -0.2) is 23.4 Å². The smallest absolute Gasteiger partial charge is 0.254 e. The highest BCUT2D eigenvalue weighted by Crippen LogP contribution is 2.28. The van der Waals surface area contributed by atoms with Crippen LogP contribution < -0.4 is 5.73 Å². The van der Waals surface area contributed by atoms with Crippen molar-refractivity contribution in [2.24, 2.45) is 11.8 Å². The minimum Gasteiger partial charge on any atom is -0.399 e. The van der Waals surface area contributed by atoms with Crippen molar-refractivity contribution in [3.63, 3.8) is 0 Å². The van der Waals surface area contributed by atoms with Crippen LogP contribution in [0.5, 0.6) is 0 Å². The molecule has 0 saturated carbocycles. The molecule has 1 aromatic rings. The van der Waals surface area contributed by atoms with Gasteiger partial charge in [0.2, 0.25) is 0 Å². The fraction of sp³-hybridized carbons (Fsp3) is 0.533. The van der Waals surface area contributed by atoms with Crippen molar-refractivity contribution >= 4 is 11.6 Å². The normalized spacial score (nSPS) is 28.2. The summed E-state index contributed by atoms with van der Waals surface area (Å²) in [5.41, 5.74) is 7.09. The molecule has 2 N–H and O–H groups in total. The Balaban J connectivity index is 2.22. The van der Waals surface area contributed by atoms with E-state index in [4.69, 9.17) is 5.73 Å². The Bertz CT molecular complexity index is 444. The molecule has 3 unspecified atom stereocenters. The number of amides is 1. The number of benzene rings is 1. The zero-order chi connectivity index (χ0) is 13.3. The van der Waals surface area contributed by atoms with E-state index in [-0.39, 0.29) is 5.91 Å². The van der Waals surface area contributed by atoms with Crippen LogP contribution in [0.1, 0.15) is 37.6 Å². The molecule has 3 atom stereocenters. The minimum atomic E-state index is 0.105. The van der Waals surface area contributed by atoms with Gasteiger partial charge in [0.15, 0.2) is 0 Å². The van der Waals surface area contributed by atoms with Crippen molar-refractivity contribution in [1.82, 2.24) is 4.90 Å². The van der Waals surface area contributed by atoms with Crippen LogP contribution in [-0.2, 0) is 0 Å². The van der Waals surface area contributed by atoms with Crippen molar-refractivity contribution in [3.05, 3.63) is 29.8 Å². The monoisotopic (exact) mass is 246 g/mol. The SMILES string of the molecule is CC1CC(C)C(C)N(C(=O)c2cccc(N)c2)C1. The molecule has 1 amide bonds. The van der Waals surface area contributed by atoms with Crippen LogP contribution >= 0.6 is 0 Å². The van der Waals surface area contributed by atoms with Gasteiger partial charge in [-0.1, -0.05) is 19.9 Å². The number of hydrogen-bond acceptors (Lipinski definition) is 2. The molecule has 1 heterocycles. The van der Waals surface area contributed by atoms with Crippen LogP contribution in [0.2, 0.25) is 0 Å². The van der Waals surface area contributed by atoms with Crippen molar-refractivity contribution in [2.45, 2.75) is 33.2 Å². The number of anilines is 1. The van der Waals surface area contributed by atoms with E-state index in [0.717, 1.165) is 6.54 Å². The van der Waals surface area contributed by atoms with Gasteiger partial charge in [-0.05, 0) is 43.4 Å². The Morgan fingerprint density at radius 3 is 2.72 bits per heavy atom. The number of carbonyl (C=O) groups excluding carboxylic acids is 1. The zero-order valence-corrected chi connectivity index (χ0v) is 11.4. The molecule has 1 aliphatic heterocycles. The average Bonchev–Trinajstić information content (AvgIpc) is 2.33. The molecule has 0 aromatic heterocycles. The van der Waals surface area contributed by atoms with Crippen molar-refractivity contribution < 1.29 is 4.79 Å². The highest BCUT2D eigenvalue weighted by atomic mass is 16.2. The topological polar surface area (TPSA) is 46.3 Å². The number of nitrogens with zero attached hydrogens (tertiary/aromatic N) is 1. The molecule has 1 saturated heterocycles. The third-order valence-corrected chi connectivity index (χ3v) is 3.99. The molecule has 1 fully saturated rings. The predicted molar refractivity (Wildman–Crippen MR) is 74.3 cm³/mol. The Labute approximate surface area is 109 Å². The number of likely N-dealkylation sites (tertiary alicyclic amines) is 1. The van der Waals surface area contributed by atoms with E-state index in [1.165, 1.54) is 6.42 Å². The maximum absolute atomic E-state index is 12.5. The summed E-state index contributed by atoms with van der Waals surface area (Å²) in [4.78, 5) is 14.5. The standard InChI is InChI=1S/C15H22N2O/c1-10-7-11(2)12(3)17(9-10)15(18)13-5-4-6-14(16)8-13/h4-6,8,10-12H,7,9,16H2,1-3H3. The van der Waals surface area contributed by atoms with Gasteiger partial charge >= 0.3 is 0 Å². The van der Waals surface area contributed by atoms with Crippen molar-refractivity contribution in [1.29, 1.82) is 0 Å². The van der Waals surface area contributed by atoms with E-state index in [0.29, 0.717) is 29.1 Å². The summed E-state index contributed by atoms with van der Waals surface area (Å²) in [6.07, 6.45) is 1.20. The molecule has 98 valence electrons. The number of carbonyl (C=O) groups is 1. The minimum absolute atomic E-state index is 0.105. The molecule has 0 radical (unpaired) electrons. The summed E-state index contributed by atoms with van der Waals surface area (Å²) >= 11 is 0. The Morgan fingerprint density at radius 2 is 2.06 bits per heavy atom. The third-order valence-electron chi connectivity index (χ3n) is 3.99. The number of rotatable bonds is 1. The molecule has 1 aliphatic rings. The van der Waals surface area contributed by atoms with Gasteiger partial charge in [-0.3, -0.25) is 4.79 Å². The Hall–Kier alpha value is -1.51. The lowest BCUT2D eigenvalue weighted by Crippen LogP contribution is -2.48. The lowest BCUT2D eigenvalue weighted by Gasteiger charge is -2.41. The average molecular weight is 246 g/mol. The van der Waals surface area contributed by atoms with Crippen LogP contribution in [0.25, 0.3) is 0 Å². The summed E-state index contributed by atoms with van der Waals surface area (Å²) in [5, 5.41) is 0. The summed E-state index contributed by atoms with van der Waals surface area (Å²) < 4.78 is 0. The highest BCUT2D eigenvalue weighted by Gasteiger charge is 2.32. The first-order valence-corrected chi connectivity index (χ1v) is 6.65. The molecule has 3 heteroatoms. The van der Waals surface area contributed by atoms with Crippen molar-refractivity contribution in [3.8, 4) is 0 Å². The van der Waals surface area contributed by atoms with Gasteiger partial charge in [-0.15, -0.1) is 0 Å². The first kappa shape index (κ1) is 12.9. The van der Waals surface area contributed by atoms with Gasteiger partial charge in [0.05, 0.1) is 0 Å². The van der Waals surface area contributed by atoms with Gasteiger partial charge in [-0.25, -0.2) is 0 Å². The van der Waals surface area contributed by atoms with E-state index >= 15 is 0 Å². The second-order valence-electron chi connectivity index (χ2n) is 5.64. The second kappa shape index (κ2) is 5.01. The summed E-state index contributed by atoms with van der Waals surface area (Å²) in [6, 6.07) is 7.55. The fourth-order valence-electron chi connectivity index (χ4n) is 2.82. The Morgan fingerprint density at radius 1 is 1.33 bits per heavy atom. The maximum atomic E-state index is 12.5. The Kier molecular flexibility index (Phi) is 3.60. The number of piperidine rings is 1. The quantitative estimate of drug-likeness (QED) is 0.774. The molecule has 3 nitrogen and oxygen atoms in total. The first-order valence-electron chi connectivity index (χ1n) is 6.65. The van der Waals surface area contributed by atoms with Crippen LogP contribution in [0, 0.1) is 11.8 Å². The van der Waals surface area contributed by atoms with E-state index < -0.39 is 0 Å². The van der Waals surface area contributed by atoms with E-state index in [2.05, 4.69) is 20.8 Å². The molecule has 18 heavy (non-hydrogen) atoms. The number of hydrogen-bond donors (Lipinski definition) is 1. The van der Waals surface area contributed by atoms with Gasteiger partial charge in [0.25, 0.3) is 5.91 Å². The molecule has 0 aliphatic carbocycles. The van der Waals surface area contributed by atoms with E-state index in [1.807, 2.05) is 23.1 Å². The van der Waals surface area contributed by atoms with Crippen LogP contribution in [0.15, 0.2) is 24.3 Å². The molecular formula is C15H22N2O. The maximum Gasteiger partial charge on any atom is 0.254 e. The number of nitrogens with two attached hydrogens (primary N) is 1. The second-order valence-corrected chi connectivity index (χ2v) is 5.64. The highest BCUT2D eigenvalue weighted by molar-refractivity contribution is 5.95. The summed E-state index contributed by atoms with van der Waals surface area (Å²) in [7, 11) is 0. The first-order chi connectivity index (χ1) is 8.49. The summed E-state index contributed by atoms with van der Waals surface area (Å²) in [5.74, 6) is 1.23. The summed E-state index contributed by atoms with van der Waals surface area (Å²) in [6.45, 7) is 7.42. The van der Waals surface area contributed by atoms with Gasteiger partial charge in [0.1, 0.15) is 0 Å². The van der Waals surface area contributed by atoms with Crippen LogP contribution in [0.4, 0.5) is 5.69 Å². The lowest BCUT2D eigenvalue weighted by atomic mass is 9.85. The largest absolute Gasteiger partial charge is 0.399 e.